The number of likely N-dealkylation sites (N-methyl/N-ethyl adjacent to an activating group) is 2. The Morgan fingerprint density at radius 3 is 2.28 bits per heavy atom. The Hall–Kier alpha value is -0.590. The Balaban J connectivity index is 1.93. The fourth-order valence-corrected chi connectivity index (χ4v) is 3.38. The average Bonchev–Trinajstić information content (AvgIpc) is 3.21. The minimum absolute atomic E-state index is 0.308. The van der Waals surface area contributed by atoms with Gasteiger partial charge in [-0.2, -0.15) is 5.26 Å². The van der Waals surface area contributed by atoms with Gasteiger partial charge in [-0.1, -0.05) is 6.92 Å². The summed E-state index contributed by atoms with van der Waals surface area (Å²) >= 11 is 0. The van der Waals surface area contributed by atoms with Gasteiger partial charge in [-0.15, -0.1) is 0 Å². The Labute approximate surface area is 112 Å². The zero-order chi connectivity index (χ0) is 13.2. The second kappa shape index (κ2) is 5.59. The van der Waals surface area contributed by atoms with E-state index in [1.54, 1.807) is 0 Å². The normalized spacial score (nSPS) is 31.9. The van der Waals surface area contributed by atoms with E-state index in [1.807, 2.05) is 7.05 Å². The van der Waals surface area contributed by atoms with E-state index in [-0.39, 0.29) is 5.54 Å². The van der Waals surface area contributed by atoms with Crippen LogP contribution in [0.2, 0.25) is 0 Å². The quantitative estimate of drug-likeness (QED) is 0.813. The first-order valence-electron chi connectivity index (χ1n) is 7.41. The molecule has 0 spiro atoms. The molecule has 2 rings (SSSR count). The molecule has 0 bridgehead atoms. The van der Waals surface area contributed by atoms with Crippen molar-refractivity contribution in [2.75, 3.05) is 20.6 Å². The van der Waals surface area contributed by atoms with Crippen molar-refractivity contribution in [2.24, 2.45) is 11.8 Å². The van der Waals surface area contributed by atoms with Gasteiger partial charge in [0.25, 0.3) is 0 Å². The number of rotatable bonds is 5. The van der Waals surface area contributed by atoms with Crippen LogP contribution in [-0.4, -0.2) is 37.1 Å². The van der Waals surface area contributed by atoms with Crippen LogP contribution in [0.1, 0.15) is 45.4 Å². The number of nitriles is 1. The van der Waals surface area contributed by atoms with Crippen LogP contribution in [0.25, 0.3) is 0 Å². The number of hydrogen-bond acceptors (Lipinski definition) is 3. The highest BCUT2D eigenvalue weighted by Crippen LogP contribution is 2.40. The Kier molecular flexibility index (Phi) is 4.29. The summed E-state index contributed by atoms with van der Waals surface area (Å²) in [6.07, 6.45) is 7.71. The zero-order valence-electron chi connectivity index (χ0n) is 12.1. The molecule has 2 saturated carbocycles. The molecule has 2 aliphatic carbocycles. The standard InChI is InChI=1S/C15H27N3/c1-12-4-8-14(9-5-12)18(3)11-15(10-16,17-2)13-6-7-13/h12-14,17H,4-9,11H2,1-3H3. The third-order valence-electron chi connectivity index (χ3n) is 5.03. The first-order valence-corrected chi connectivity index (χ1v) is 7.41. The number of hydrogen-bond donors (Lipinski definition) is 1. The summed E-state index contributed by atoms with van der Waals surface area (Å²) in [6, 6.07) is 3.23. The van der Waals surface area contributed by atoms with Gasteiger partial charge >= 0.3 is 0 Å². The van der Waals surface area contributed by atoms with E-state index in [9.17, 15) is 5.26 Å². The molecule has 1 atom stereocenters. The molecule has 0 heterocycles. The highest BCUT2D eigenvalue weighted by Gasteiger charge is 2.46. The molecule has 18 heavy (non-hydrogen) atoms. The molecule has 0 aromatic heterocycles. The third-order valence-corrected chi connectivity index (χ3v) is 5.03. The lowest BCUT2D eigenvalue weighted by Crippen LogP contribution is -2.54. The molecule has 0 radical (unpaired) electrons. The lowest BCUT2D eigenvalue weighted by atomic mass is 9.85. The fraction of sp³-hybridized carbons (Fsp3) is 0.933. The fourth-order valence-electron chi connectivity index (χ4n) is 3.38. The largest absolute Gasteiger partial charge is 0.301 e. The molecule has 2 aliphatic rings. The first-order chi connectivity index (χ1) is 8.61. The van der Waals surface area contributed by atoms with Crippen molar-refractivity contribution in [3.05, 3.63) is 0 Å². The summed E-state index contributed by atoms with van der Waals surface area (Å²) in [5.74, 6) is 1.46. The molecule has 1 N–H and O–H groups in total. The van der Waals surface area contributed by atoms with Crippen LogP contribution >= 0.6 is 0 Å². The second-order valence-corrected chi connectivity index (χ2v) is 6.44. The molecule has 0 aliphatic heterocycles. The van der Waals surface area contributed by atoms with E-state index in [2.05, 4.69) is 30.3 Å². The van der Waals surface area contributed by atoms with Gasteiger partial charge in [-0.3, -0.25) is 0 Å². The van der Waals surface area contributed by atoms with E-state index in [1.165, 1.54) is 38.5 Å². The molecule has 1 unspecified atom stereocenters. The summed E-state index contributed by atoms with van der Waals surface area (Å²) in [6.45, 7) is 3.23. The zero-order valence-corrected chi connectivity index (χ0v) is 12.1. The molecule has 2 fully saturated rings. The smallest absolute Gasteiger partial charge is 0.122 e. The maximum atomic E-state index is 9.54. The number of nitrogens with zero attached hydrogens (tertiary/aromatic N) is 2. The monoisotopic (exact) mass is 249 g/mol. The molecule has 0 saturated heterocycles. The summed E-state index contributed by atoms with van der Waals surface area (Å²) < 4.78 is 0. The predicted molar refractivity (Wildman–Crippen MR) is 74.2 cm³/mol. The molecule has 0 aromatic rings. The van der Waals surface area contributed by atoms with E-state index in [0.717, 1.165) is 12.5 Å². The SMILES string of the molecule is CNC(C#N)(CN(C)C1CCC(C)CC1)C1CC1. The maximum absolute atomic E-state index is 9.54. The third kappa shape index (κ3) is 2.87. The van der Waals surface area contributed by atoms with Gasteiger partial charge in [0.15, 0.2) is 0 Å². The Morgan fingerprint density at radius 2 is 1.83 bits per heavy atom. The van der Waals surface area contributed by atoms with Crippen LogP contribution in [0.3, 0.4) is 0 Å². The molecule has 0 aromatic carbocycles. The van der Waals surface area contributed by atoms with Gasteiger partial charge in [0.1, 0.15) is 5.54 Å². The summed E-state index contributed by atoms with van der Waals surface area (Å²) in [7, 11) is 4.14. The van der Waals surface area contributed by atoms with E-state index < -0.39 is 0 Å². The van der Waals surface area contributed by atoms with Crippen molar-refractivity contribution >= 4 is 0 Å². The van der Waals surface area contributed by atoms with E-state index >= 15 is 0 Å². The van der Waals surface area contributed by atoms with E-state index in [0.29, 0.717) is 12.0 Å². The predicted octanol–water partition coefficient (Wildman–Crippen LogP) is 2.39. The van der Waals surface area contributed by atoms with Gasteiger partial charge in [0.05, 0.1) is 6.07 Å². The first kappa shape index (κ1) is 13.8. The van der Waals surface area contributed by atoms with Gasteiger partial charge in [0.2, 0.25) is 0 Å². The second-order valence-electron chi connectivity index (χ2n) is 6.44. The van der Waals surface area contributed by atoms with Gasteiger partial charge in [-0.25, -0.2) is 0 Å². The molecular weight excluding hydrogens is 222 g/mol. The van der Waals surface area contributed by atoms with Gasteiger partial charge in [-0.05, 0) is 64.5 Å². The van der Waals surface area contributed by atoms with Gasteiger partial charge < -0.3 is 10.2 Å². The molecule has 3 nitrogen and oxygen atoms in total. The van der Waals surface area contributed by atoms with E-state index in [4.69, 9.17) is 0 Å². The van der Waals surface area contributed by atoms with Crippen LogP contribution in [0, 0.1) is 23.2 Å². The van der Waals surface area contributed by atoms with Crippen molar-refractivity contribution in [1.29, 1.82) is 5.26 Å². The minimum atomic E-state index is -0.308. The minimum Gasteiger partial charge on any atom is -0.301 e. The molecule has 3 heteroatoms. The molecule has 102 valence electrons. The summed E-state index contributed by atoms with van der Waals surface area (Å²) in [4.78, 5) is 2.43. The van der Waals surface area contributed by atoms with Crippen LogP contribution in [0.4, 0.5) is 0 Å². The van der Waals surface area contributed by atoms with Crippen molar-refractivity contribution < 1.29 is 0 Å². The topological polar surface area (TPSA) is 39.1 Å². The van der Waals surface area contributed by atoms with Crippen LogP contribution < -0.4 is 5.32 Å². The average molecular weight is 249 g/mol. The van der Waals surface area contributed by atoms with Crippen molar-refractivity contribution in [1.82, 2.24) is 10.2 Å². The Morgan fingerprint density at radius 1 is 1.22 bits per heavy atom. The lowest BCUT2D eigenvalue weighted by Gasteiger charge is -2.38. The van der Waals surface area contributed by atoms with Crippen LogP contribution in [0.15, 0.2) is 0 Å². The van der Waals surface area contributed by atoms with Gasteiger partial charge in [0, 0.05) is 12.6 Å². The van der Waals surface area contributed by atoms with Crippen molar-refractivity contribution in [2.45, 2.75) is 57.0 Å². The summed E-state index contributed by atoms with van der Waals surface area (Å²) in [5, 5.41) is 12.8. The molecular formula is C15H27N3. The lowest BCUT2D eigenvalue weighted by molar-refractivity contribution is 0.136. The Bertz CT molecular complexity index is 310. The van der Waals surface area contributed by atoms with Crippen LogP contribution in [0.5, 0.6) is 0 Å². The van der Waals surface area contributed by atoms with Crippen molar-refractivity contribution in [3.63, 3.8) is 0 Å². The summed E-state index contributed by atoms with van der Waals surface area (Å²) in [5.41, 5.74) is -0.308. The maximum Gasteiger partial charge on any atom is 0.122 e. The highest BCUT2D eigenvalue weighted by atomic mass is 15.2. The van der Waals surface area contributed by atoms with Crippen molar-refractivity contribution in [3.8, 4) is 6.07 Å². The number of nitrogens with one attached hydrogen (secondary N) is 1. The van der Waals surface area contributed by atoms with Crippen LogP contribution in [-0.2, 0) is 0 Å². The highest BCUT2D eigenvalue weighted by molar-refractivity contribution is 5.16. The molecule has 0 amide bonds.